The van der Waals surface area contributed by atoms with Crippen molar-refractivity contribution in [2.45, 2.75) is 26.8 Å². The highest BCUT2D eigenvalue weighted by Gasteiger charge is 2.22. The molecule has 4 aromatic rings. The number of benzene rings is 2. The van der Waals surface area contributed by atoms with Crippen LogP contribution in [0.25, 0.3) is 10.2 Å². The molecule has 4 rings (SSSR count). The zero-order chi connectivity index (χ0) is 19.7. The monoisotopic (exact) mass is 410 g/mol. The second kappa shape index (κ2) is 7.78. The summed E-state index contributed by atoms with van der Waals surface area (Å²) in [5, 5.41) is 1.20. The Morgan fingerprint density at radius 2 is 2.04 bits per heavy atom. The molecular formula is C22H19ClN2O2S. The molecule has 142 valence electrons. The van der Waals surface area contributed by atoms with Crippen LogP contribution in [0.4, 0.5) is 5.13 Å². The summed E-state index contributed by atoms with van der Waals surface area (Å²) in [4.78, 5) is 19.6. The number of carbonyl (C=O) groups excluding carboxylic acids is 1. The van der Waals surface area contributed by atoms with Gasteiger partial charge >= 0.3 is 0 Å². The lowest BCUT2D eigenvalue weighted by Crippen LogP contribution is -2.31. The zero-order valence-corrected chi connectivity index (χ0v) is 17.2. The molecule has 0 unspecified atom stereocenters. The van der Waals surface area contributed by atoms with Gasteiger partial charge in [0.05, 0.1) is 29.0 Å². The van der Waals surface area contributed by atoms with Crippen molar-refractivity contribution in [3.63, 3.8) is 0 Å². The van der Waals surface area contributed by atoms with Crippen LogP contribution in [0.1, 0.15) is 22.5 Å². The van der Waals surface area contributed by atoms with E-state index in [4.69, 9.17) is 16.0 Å². The minimum Gasteiger partial charge on any atom is -0.467 e. The lowest BCUT2D eigenvalue weighted by Gasteiger charge is -2.19. The standard InChI is InChI=1S/C22H19ClN2O2S/c1-14-8-9-15(2)16(11-14)12-20(26)25(13-17-5-4-10-27-17)22-24-21-18(23)6-3-7-19(21)28-22/h3-11H,12-13H2,1-2H3. The van der Waals surface area contributed by atoms with Gasteiger partial charge in [-0.3, -0.25) is 9.69 Å². The van der Waals surface area contributed by atoms with E-state index in [2.05, 4.69) is 17.1 Å². The van der Waals surface area contributed by atoms with Gasteiger partial charge in [-0.2, -0.15) is 0 Å². The molecule has 28 heavy (non-hydrogen) atoms. The molecule has 4 nitrogen and oxygen atoms in total. The summed E-state index contributed by atoms with van der Waals surface area (Å²) in [6.07, 6.45) is 1.91. The molecule has 2 aromatic heterocycles. The SMILES string of the molecule is Cc1ccc(C)c(CC(=O)N(Cc2ccco2)c2nc3c(Cl)cccc3s2)c1. The number of rotatable bonds is 5. The third-order valence-corrected chi connectivity index (χ3v) is 5.98. The van der Waals surface area contributed by atoms with Crippen LogP contribution in [0, 0.1) is 13.8 Å². The number of aryl methyl sites for hydroxylation is 2. The van der Waals surface area contributed by atoms with Crippen molar-refractivity contribution in [1.82, 2.24) is 4.98 Å². The summed E-state index contributed by atoms with van der Waals surface area (Å²) in [7, 11) is 0. The summed E-state index contributed by atoms with van der Waals surface area (Å²) in [5.74, 6) is 0.681. The number of hydrogen-bond donors (Lipinski definition) is 0. The van der Waals surface area contributed by atoms with Crippen molar-refractivity contribution in [2.75, 3.05) is 4.90 Å². The Kier molecular flexibility index (Phi) is 5.20. The van der Waals surface area contributed by atoms with Crippen LogP contribution in [0.15, 0.2) is 59.2 Å². The summed E-state index contributed by atoms with van der Waals surface area (Å²) >= 11 is 7.74. The Morgan fingerprint density at radius 1 is 1.18 bits per heavy atom. The number of aromatic nitrogens is 1. The first-order chi connectivity index (χ1) is 13.5. The summed E-state index contributed by atoms with van der Waals surface area (Å²) in [6, 6.07) is 15.5. The van der Waals surface area contributed by atoms with Crippen molar-refractivity contribution in [1.29, 1.82) is 0 Å². The molecule has 0 atom stereocenters. The van der Waals surface area contributed by atoms with Gasteiger partial charge in [0.25, 0.3) is 0 Å². The number of amides is 1. The van der Waals surface area contributed by atoms with E-state index < -0.39 is 0 Å². The fourth-order valence-corrected chi connectivity index (χ4v) is 4.37. The van der Waals surface area contributed by atoms with E-state index >= 15 is 0 Å². The Labute approximate surface area is 172 Å². The lowest BCUT2D eigenvalue weighted by atomic mass is 10.0. The number of halogens is 1. The Balaban J connectivity index is 1.71. The largest absolute Gasteiger partial charge is 0.467 e. The average Bonchev–Trinajstić information content (AvgIpc) is 3.32. The minimum absolute atomic E-state index is 0.0275. The Hall–Kier alpha value is -2.63. The first-order valence-electron chi connectivity index (χ1n) is 8.95. The van der Waals surface area contributed by atoms with Crippen LogP contribution in [-0.2, 0) is 17.8 Å². The normalized spacial score (nSPS) is 11.1. The Morgan fingerprint density at radius 3 is 2.79 bits per heavy atom. The molecule has 0 fully saturated rings. The molecule has 2 heterocycles. The molecule has 0 aliphatic carbocycles. The fourth-order valence-electron chi connectivity index (χ4n) is 3.09. The third kappa shape index (κ3) is 3.81. The topological polar surface area (TPSA) is 46.3 Å². The van der Waals surface area contributed by atoms with E-state index in [9.17, 15) is 4.79 Å². The van der Waals surface area contributed by atoms with Crippen LogP contribution in [0.3, 0.4) is 0 Å². The number of nitrogens with zero attached hydrogens (tertiary/aromatic N) is 2. The highest BCUT2D eigenvalue weighted by Crippen LogP contribution is 2.34. The average molecular weight is 411 g/mol. The fraction of sp³-hybridized carbons (Fsp3) is 0.182. The van der Waals surface area contributed by atoms with Crippen molar-refractivity contribution in [3.05, 3.63) is 82.3 Å². The number of para-hydroxylation sites is 1. The summed E-state index contributed by atoms with van der Waals surface area (Å²) < 4.78 is 6.43. The van der Waals surface area contributed by atoms with Gasteiger partial charge in [0.1, 0.15) is 11.3 Å². The van der Waals surface area contributed by atoms with Gasteiger partial charge in [-0.05, 0) is 49.2 Å². The first-order valence-corrected chi connectivity index (χ1v) is 10.1. The molecule has 0 N–H and O–H groups in total. The molecule has 0 aliphatic heterocycles. The van der Waals surface area contributed by atoms with Gasteiger partial charge in [-0.25, -0.2) is 4.98 Å². The molecule has 1 amide bonds. The number of thiazole rings is 1. The van der Waals surface area contributed by atoms with Gasteiger partial charge in [0.15, 0.2) is 5.13 Å². The van der Waals surface area contributed by atoms with Crippen molar-refractivity contribution >= 4 is 44.2 Å². The minimum atomic E-state index is -0.0275. The van der Waals surface area contributed by atoms with Gasteiger partial charge in [-0.15, -0.1) is 0 Å². The van der Waals surface area contributed by atoms with Crippen LogP contribution < -0.4 is 4.90 Å². The van der Waals surface area contributed by atoms with Gasteiger partial charge < -0.3 is 4.42 Å². The molecule has 0 saturated heterocycles. The quantitative estimate of drug-likeness (QED) is 0.409. The van der Waals surface area contributed by atoms with E-state index in [-0.39, 0.29) is 5.91 Å². The molecule has 0 radical (unpaired) electrons. The maximum absolute atomic E-state index is 13.3. The molecule has 2 aromatic carbocycles. The highest BCUT2D eigenvalue weighted by atomic mass is 35.5. The molecular weight excluding hydrogens is 392 g/mol. The number of anilines is 1. The van der Waals surface area contributed by atoms with Crippen LogP contribution in [0.5, 0.6) is 0 Å². The second-order valence-corrected chi connectivity index (χ2v) is 8.17. The first kappa shape index (κ1) is 18.7. The number of carbonyl (C=O) groups is 1. The predicted octanol–water partition coefficient (Wildman–Crippen LogP) is 5.94. The lowest BCUT2D eigenvalue weighted by molar-refractivity contribution is -0.118. The summed E-state index contributed by atoms with van der Waals surface area (Å²) in [5.41, 5.74) is 3.98. The van der Waals surface area contributed by atoms with Gasteiger partial charge in [0, 0.05) is 0 Å². The number of furan rings is 1. The zero-order valence-electron chi connectivity index (χ0n) is 15.6. The second-order valence-electron chi connectivity index (χ2n) is 6.75. The number of hydrogen-bond acceptors (Lipinski definition) is 4. The predicted molar refractivity (Wildman–Crippen MR) is 114 cm³/mol. The summed E-state index contributed by atoms with van der Waals surface area (Å²) in [6.45, 7) is 4.38. The molecule has 0 spiro atoms. The highest BCUT2D eigenvalue weighted by molar-refractivity contribution is 7.22. The smallest absolute Gasteiger partial charge is 0.233 e. The molecule has 0 saturated carbocycles. The van der Waals surface area contributed by atoms with E-state index in [0.717, 1.165) is 21.4 Å². The maximum atomic E-state index is 13.3. The van der Waals surface area contributed by atoms with Gasteiger partial charge in [-0.1, -0.05) is 52.8 Å². The third-order valence-electron chi connectivity index (χ3n) is 4.63. The van der Waals surface area contributed by atoms with Crippen LogP contribution in [0.2, 0.25) is 5.02 Å². The Bertz CT molecular complexity index is 1130. The van der Waals surface area contributed by atoms with Crippen molar-refractivity contribution in [3.8, 4) is 0 Å². The van der Waals surface area contributed by atoms with Crippen molar-refractivity contribution in [2.24, 2.45) is 0 Å². The van der Waals surface area contributed by atoms with E-state index in [1.807, 2.05) is 50.2 Å². The van der Waals surface area contributed by atoms with E-state index in [1.165, 1.54) is 11.3 Å². The van der Waals surface area contributed by atoms with Gasteiger partial charge in [0.2, 0.25) is 5.91 Å². The van der Waals surface area contributed by atoms with E-state index in [1.54, 1.807) is 11.2 Å². The number of fused-ring (bicyclic) bond motifs is 1. The van der Waals surface area contributed by atoms with Crippen LogP contribution in [-0.4, -0.2) is 10.9 Å². The van der Waals surface area contributed by atoms with E-state index in [0.29, 0.717) is 34.4 Å². The maximum Gasteiger partial charge on any atom is 0.233 e. The molecule has 6 heteroatoms. The van der Waals surface area contributed by atoms with Crippen molar-refractivity contribution < 1.29 is 9.21 Å². The van der Waals surface area contributed by atoms with Crippen LogP contribution >= 0.6 is 22.9 Å². The molecule has 0 bridgehead atoms. The molecule has 0 aliphatic rings.